The number of aryl methyl sites for hydroxylation is 2. The maximum atomic E-state index is 12.3. The van der Waals surface area contributed by atoms with E-state index in [-0.39, 0.29) is 34.3 Å². The monoisotopic (exact) mass is 1220 g/mol. The van der Waals surface area contributed by atoms with E-state index in [9.17, 15) is 19.5 Å². The molecule has 1 aliphatic heterocycles. The molecule has 2 aromatic heterocycles. The number of benzene rings is 2. The summed E-state index contributed by atoms with van der Waals surface area (Å²) in [6.45, 7) is 19.6. The van der Waals surface area contributed by atoms with Crippen LogP contribution < -0.4 is 18.8 Å². The molecule has 48 heavy (non-hydrogen) atoms. The number of aliphatic imine (C=N–C) groups is 1. The fraction of sp³-hybridized carbons (Fsp3) is 0.375. The van der Waals surface area contributed by atoms with Gasteiger partial charge in [-0.05, 0) is 125 Å². The number of nitrogens with one attached hydrogen (secondary N) is 1. The molecule has 0 bridgehead atoms. The number of rotatable bonds is 4. The topological polar surface area (TPSA) is 154 Å². The zero-order chi connectivity index (χ0) is 36.9. The van der Waals surface area contributed by atoms with Gasteiger partial charge in [0.15, 0.2) is 6.67 Å². The average Bonchev–Trinajstić information content (AvgIpc) is 3.78. The molecule has 0 radical (unpaired) electrons. The van der Waals surface area contributed by atoms with Crippen molar-refractivity contribution in [3.63, 3.8) is 0 Å². The summed E-state index contributed by atoms with van der Waals surface area (Å²) < 4.78 is 1.22. The fourth-order valence-corrected chi connectivity index (χ4v) is 5.02. The Bertz CT molecular complexity index is 1850. The van der Waals surface area contributed by atoms with E-state index in [4.69, 9.17) is 0 Å². The molecule has 0 aliphatic carbocycles. The predicted molar refractivity (Wildman–Crippen MR) is 223 cm³/mol. The van der Waals surface area contributed by atoms with Gasteiger partial charge in [0, 0.05) is 37.2 Å². The number of hydrogen-bond donors (Lipinski definition) is 2. The van der Waals surface area contributed by atoms with Crippen LogP contribution in [-0.4, -0.2) is 49.3 Å². The molecule has 0 saturated carbocycles. The maximum absolute atomic E-state index is 12.3. The van der Waals surface area contributed by atoms with Crippen LogP contribution >= 0.6 is 74.5 Å². The molecule has 1 aliphatic rings. The van der Waals surface area contributed by atoms with E-state index in [0.717, 1.165) is 33.4 Å². The Morgan fingerprint density at radius 3 is 1.85 bits per heavy atom. The van der Waals surface area contributed by atoms with Crippen LogP contribution in [0.15, 0.2) is 38.5 Å². The Kier molecular flexibility index (Phi) is 20.5. The van der Waals surface area contributed by atoms with Crippen LogP contribution in [0.4, 0.5) is 0 Å². The van der Waals surface area contributed by atoms with Gasteiger partial charge in [0.1, 0.15) is 35.7 Å². The summed E-state index contributed by atoms with van der Waals surface area (Å²) in [6.07, 6.45) is 2.73. The van der Waals surface area contributed by atoms with E-state index in [2.05, 4.69) is 112 Å². The van der Waals surface area contributed by atoms with Crippen LogP contribution in [0.5, 0.6) is 5.88 Å². The van der Waals surface area contributed by atoms with Crippen LogP contribution in [-0.2, 0) is 9.59 Å². The first-order chi connectivity index (χ1) is 22.6. The molecule has 3 heterocycles. The third kappa shape index (κ3) is 11.7. The van der Waals surface area contributed by atoms with Crippen LogP contribution in [0.3, 0.4) is 0 Å². The van der Waals surface area contributed by atoms with Gasteiger partial charge in [0.05, 0.1) is 0 Å². The molecule has 0 atom stereocenters. The number of halogens is 5. The van der Waals surface area contributed by atoms with Gasteiger partial charge in [-0.1, -0.05) is 12.1 Å². The van der Waals surface area contributed by atoms with Crippen molar-refractivity contribution in [2.45, 2.75) is 75.2 Å². The van der Waals surface area contributed by atoms with Crippen molar-refractivity contribution >= 4 is 98.1 Å². The summed E-state index contributed by atoms with van der Waals surface area (Å²) in [5.41, 5.74) is 10.4. The van der Waals surface area contributed by atoms with Crippen LogP contribution in [0.25, 0.3) is 16.9 Å². The van der Waals surface area contributed by atoms with E-state index in [0.29, 0.717) is 25.5 Å². The first-order valence-corrected chi connectivity index (χ1v) is 33.1. The molecule has 0 fully saturated rings. The zero-order valence-electron chi connectivity index (χ0n) is 28.3. The van der Waals surface area contributed by atoms with Crippen molar-refractivity contribution < 1.29 is 28.0 Å². The normalized spacial score (nSPS) is 11.1. The van der Waals surface area contributed by atoms with Gasteiger partial charge in [-0.2, -0.15) is 19.7 Å². The number of fused-ring (bicyclic) bond motifs is 1. The predicted octanol–water partition coefficient (Wildman–Crippen LogP) is 6.19. The number of H-pyrrole nitrogens is 1. The fourth-order valence-electron chi connectivity index (χ4n) is 5.02. The Balaban J connectivity index is 0.000000380. The molecule has 11 nitrogen and oxygen atoms in total. The van der Waals surface area contributed by atoms with Gasteiger partial charge >= 0.3 is 50.5 Å². The first kappa shape index (κ1) is 44.9. The molecule has 4 aromatic rings. The third-order valence-electron chi connectivity index (χ3n) is 8.18. The van der Waals surface area contributed by atoms with E-state index in [1.165, 1.54) is 47.7 Å². The van der Waals surface area contributed by atoms with Crippen LogP contribution in [0.1, 0.15) is 69.8 Å². The number of nitrogens with zero attached hydrogens (tertiary/aromatic N) is 6. The first-order valence-electron chi connectivity index (χ1n) is 14.3. The number of aromatic nitrogens is 4. The second-order valence-corrected chi connectivity index (χ2v) is 27.1. The summed E-state index contributed by atoms with van der Waals surface area (Å²) in [6, 6.07) is 3.90. The number of carbonyl (C=O) groups is 2. The summed E-state index contributed by atoms with van der Waals surface area (Å²) in [5.74, 6) is -0.740. The number of aromatic amines is 1. The minimum absolute atomic E-state index is 0.0803. The Labute approximate surface area is 334 Å². The van der Waals surface area contributed by atoms with Crippen LogP contribution in [0.2, 0.25) is 0 Å². The van der Waals surface area contributed by atoms with E-state index in [1.54, 1.807) is 0 Å². The molecule has 262 valence electrons. The second-order valence-electron chi connectivity index (χ2n) is 10.8. The summed E-state index contributed by atoms with van der Waals surface area (Å²) in [7, 11) is 0. The van der Waals surface area contributed by atoms with Crippen molar-refractivity contribution in [1.29, 1.82) is 0 Å². The van der Waals surface area contributed by atoms with Crippen molar-refractivity contribution in [2.75, 3.05) is 6.67 Å². The Morgan fingerprint density at radius 1 is 0.875 bits per heavy atom. The number of hydrogen-bond acceptors (Lipinski definition) is 9. The third-order valence-corrected chi connectivity index (χ3v) is 8.18. The minimum atomic E-state index is -0.604. The number of Topliss-reactive ketones (excluding diaryl/α,β-unsaturated/α-hetero) is 2. The van der Waals surface area contributed by atoms with Gasteiger partial charge in [-0.3, -0.25) is 19.4 Å². The van der Waals surface area contributed by atoms with Crippen molar-refractivity contribution in [3.8, 4) is 17.0 Å². The molecular weight excluding hydrogens is 1180 g/mol. The molecule has 0 saturated heterocycles. The van der Waals surface area contributed by atoms with E-state index in [1.807, 2.05) is 60.6 Å². The van der Waals surface area contributed by atoms with Gasteiger partial charge in [-0.15, -0.1) is 5.11 Å². The Hall–Kier alpha value is -1.15. The van der Waals surface area contributed by atoms with Gasteiger partial charge in [0.2, 0.25) is 11.7 Å². The summed E-state index contributed by atoms with van der Waals surface area (Å²) in [4.78, 5) is 45.7. The molecule has 2 aromatic carbocycles. The summed E-state index contributed by atoms with van der Waals surface area (Å²) in [5, 5.41) is 21.2. The SMILES string of the molecule is C1=NCN=N1.CC(=O)C(C(C)=O)c1cc(C)c(C)c(C)c1C.Cc1cc(-c2c(O)n3ncnc3[nH]c2=O)c(C)c(C)c1C.II.I[I-]I. The number of ketones is 2. The molecule has 0 unspecified atom stereocenters. The molecule has 5 rings (SSSR count). The van der Waals surface area contributed by atoms with Crippen molar-refractivity contribution in [2.24, 2.45) is 15.2 Å². The molecule has 0 spiro atoms. The summed E-state index contributed by atoms with van der Waals surface area (Å²) >= 11 is 9.54. The quantitative estimate of drug-likeness (QED) is 0.184. The van der Waals surface area contributed by atoms with Crippen LogP contribution in [0, 0.1) is 55.4 Å². The Morgan fingerprint density at radius 2 is 1.40 bits per heavy atom. The van der Waals surface area contributed by atoms with Gasteiger partial charge < -0.3 is 5.11 Å². The van der Waals surface area contributed by atoms with Crippen molar-refractivity contribution in [1.82, 2.24) is 19.6 Å². The standard InChI is InChI=1S/C15H16N4O2.C15H20O2.C2H3N3.I3.I2/c1-7-5-11(10(4)9(3)8(7)2)12-13(20)18-15-16-6-17-19(15)14(12)21;1-8-7-14(11(4)10(3)9(8)2)15(12(5)16)13(6)17;1-3-2-5-4-1;1-3-2;1-2/h5-6,21H,1-4H3,(H,16,17,18,20);7,15H,1-6H3;1H,2H2;;/q;;;-1;. The van der Waals surface area contributed by atoms with Gasteiger partial charge in [-0.25, -0.2) is 4.99 Å². The van der Waals surface area contributed by atoms with Gasteiger partial charge in [0.25, 0.3) is 5.56 Å². The molecule has 16 heteroatoms. The van der Waals surface area contributed by atoms with E-state index >= 15 is 0 Å². The second kappa shape index (κ2) is 21.9. The number of azo groups is 1. The number of carbonyl (C=O) groups excluding carboxylic acids is 2. The van der Waals surface area contributed by atoms with E-state index < -0.39 is 5.92 Å². The molecular formula is C32H39I5N7O4-. The molecule has 2 N–H and O–H groups in total. The average molecular weight is 1220 g/mol. The molecule has 0 amide bonds. The number of aromatic hydroxyl groups is 1. The van der Waals surface area contributed by atoms with Crippen molar-refractivity contribution in [3.05, 3.63) is 78.9 Å². The zero-order valence-corrected chi connectivity index (χ0v) is 39.1.